The van der Waals surface area contributed by atoms with Gasteiger partial charge < -0.3 is 19.0 Å². The van der Waals surface area contributed by atoms with Crippen LogP contribution in [0.2, 0.25) is 0 Å². The number of nitrogens with zero attached hydrogens (tertiary/aromatic N) is 2. The summed E-state index contributed by atoms with van der Waals surface area (Å²) in [6, 6.07) is 1.91. The smallest absolute Gasteiger partial charge is 0.344 e. The van der Waals surface area contributed by atoms with E-state index in [1.165, 1.54) is 0 Å². The zero-order valence-corrected chi connectivity index (χ0v) is 11.4. The third-order valence-corrected chi connectivity index (χ3v) is 3.74. The maximum Gasteiger partial charge on any atom is 0.344 e. The van der Waals surface area contributed by atoms with E-state index < -0.39 is 45.3 Å². The lowest BCUT2D eigenvalue weighted by Gasteiger charge is -2.10. The Morgan fingerprint density at radius 3 is 2.04 bits per heavy atom. The standard InChI is InChI=1S/C14H4N2O8/c17-6-2-4-8-7-3(13(19)24-12(8)10(6)18)1-5(15-21)9(16-22)11(7)23-14(4)20/h1-2,17-18H. The highest BCUT2D eigenvalue weighted by atomic mass is 16.4. The summed E-state index contributed by atoms with van der Waals surface area (Å²) in [6.07, 6.45) is 0. The summed E-state index contributed by atoms with van der Waals surface area (Å²) in [5, 5.41) is 24.3. The van der Waals surface area contributed by atoms with Crippen LogP contribution < -0.4 is 11.3 Å². The fourth-order valence-corrected chi connectivity index (χ4v) is 2.74. The van der Waals surface area contributed by atoms with Crippen molar-refractivity contribution >= 4 is 44.1 Å². The van der Waals surface area contributed by atoms with Crippen LogP contribution in [0.15, 0.2) is 40.9 Å². The first-order valence-electron chi connectivity index (χ1n) is 6.39. The molecule has 2 aromatic heterocycles. The largest absolute Gasteiger partial charge is 0.504 e. The fourth-order valence-electron chi connectivity index (χ4n) is 2.74. The molecule has 10 nitrogen and oxygen atoms in total. The second kappa shape index (κ2) is 4.35. The van der Waals surface area contributed by atoms with Gasteiger partial charge >= 0.3 is 11.3 Å². The molecule has 2 aromatic carbocycles. The molecule has 24 heavy (non-hydrogen) atoms. The number of hydrogen-bond donors (Lipinski definition) is 2. The minimum atomic E-state index is -0.995. The van der Waals surface area contributed by atoms with Crippen molar-refractivity contribution in [2.45, 2.75) is 0 Å². The van der Waals surface area contributed by atoms with Crippen LogP contribution >= 0.6 is 0 Å². The van der Waals surface area contributed by atoms with Crippen molar-refractivity contribution in [1.29, 1.82) is 0 Å². The first kappa shape index (κ1) is 13.8. The van der Waals surface area contributed by atoms with Gasteiger partial charge in [-0.3, -0.25) is 0 Å². The van der Waals surface area contributed by atoms with Crippen molar-refractivity contribution in [2.24, 2.45) is 10.4 Å². The van der Waals surface area contributed by atoms with Crippen molar-refractivity contribution < 1.29 is 19.0 Å². The molecule has 0 radical (unpaired) electrons. The lowest BCUT2D eigenvalue weighted by atomic mass is 10.0. The molecule has 118 valence electrons. The Hall–Kier alpha value is -3.82. The summed E-state index contributed by atoms with van der Waals surface area (Å²) in [5.41, 5.74) is -3.94. The summed E-state index contributed by atoms with van der Waals surface area (Å²) in [5.74, 6) is -1.45. The van der Waals surface area contributed by atoms with E-state index in [-0.39, 0.29) is 21.5 Å². The molecule has 0 aliphatic rings. The first-order chi connectivity index (χ1) is 11.5. The topological polar surface area (TPSA) is 160 Å². The molecule has 0 aliphatic carbocycles. The molecule has 0 aliphatic heterocycles. The Labute approximate surface area is 128 Å². The molecular formula is C14H4N2O8. The van der Waals surface area contributed by atoms with Crippen LogP contribution in [0.3, 0.4) is 0 Å². The zero-order chi connectivity index (χ0) is 17.2. The van der Waals surface area contributed by atoms with Crippen LogP contribution in [0.25, 0.3) is 32.7 Å². The lowest BCUT2D eigenvalue weighted by Crippen LogP contribution is -2.06. The van der Waals surface area contributed by atoms with Gasteiger partial charge in [0.05, 0.1) is 10.8 Å². The third kappa shape index (κ3) is 1.48. The molecule has 0 unspecified atom stereocenters. The first-order valence-corrected chi connectivity index (χ1v) is 6.39. The molecular weight excluding hydrogens is 324 g/mol. The number of benzene rings is 2. The van der Waals surface area contributed by atoms with E-state index in [0.29, 0.717) is 0 Å². The summed E-state index contributed by atoms with van der Waals surface area (Å²) in [4.78, 5) is 46.2. The minimum Gasteiger partial charge on any atom is -0.504 e. The normalized spacial score (nSPS) is 11.5. The van der Waals surface area contributed by atoms with Gasteiger partial charge in [0.25, 0.3) is 0 Å². The van der Waals surface area contributed by atoms with E-state index in [4.69, 9.17) is 8.83 Å². The monoisotopic (exact) mass is 328 g/mol. The van der Waals surface area contributed by atoms with Crippen LogP contribution in [0.5, 0.6) is 11.5 Å². The van der Waals surface area contributed by atoms with E-state index in [0.717, 1.165) is 12.1 Å². The summed E-state index contributed by atoms with van der Waals surface area (Å²) < 4.78 is 9.96. The van der Waals surface area contributed by atoms with E-state index in [1.54, 1.807) is 0 Å². The van der Waals surface area contributed by atoms with E-state index in [9.17, 15) is 29.6 Å². The summed E-state index contributed by atoms with van der Waals surface area (Å²) >= 11 is 0. The summed E-state index contributed by atoms with van der Waals surface area (Å²) in [6.45, 7) is 0. The maximum atomic E-state index is 12.1. The van der Waals surface area contributed by atoms with Crippen molar-refractivity contribution in [3.63, 3.8) is 0 Å². The van der Waals surface area contributed by atoms with Crippen LogP contribution in [0.4, 0.5) is 11.4 Å². The predicted octanol–water partition coefficient (Wildman–Crippen LogP) is 2.70. The molecule has 0 saturated heterocycles. The molecule has 4 aromatic rings. The Kier molecular flexibility index (Phi) is 2.50. The van der Waals surface area contributed by atoms with Gasteiger partial charge in [-0.25, -0.2) is 9.59 Å². The number of nitroso groups, excluding NO2 is 2. The Bertz CT molecular complexity index is 1300. The molecule has 0 fully saturated rings. The van der Waals surface area contributed by atoms with Crippen LogP contribution in [0.1, 0.15) is 0 Å². The van der Waals surface area contributed by atoms with E-state index >= 15 is 0 Å². The molecule has 2 heterocycles. The molecule has 0 atom stereocenters. The van der Waals surface area contributed by atoms with Gasteiger partial charge in [-0.05, 0) is 22.5 Å². The van der Waals surface area contributed by atoms with Crippen molar-refractivity contribution in [1.82, 2.24) is 0 Å². The number of aromatic hydroxyl groups is 2. The number of rotatable bonds is 2. The number of hydrogen-bond acceptors (Lipinski definition) is 10. The quantitative estimate of drug-likeness (QED) is 0.246. The van der Waals surface area contributed by atoms with Crippen LogP contribution in [-0.2, 0) is 0 Å². The molecule has 4 rings (SSSR count). The Morgan fingerprint density at radius 2 is 1.42 bits per heavy atom. The maximum absolute atomic E-state index is 12.1. The number of phenols is 2. The van der Waals surface area contributed by atoms with Crippen LogP contribution in [-0.4, -0.2) is 10.2 Å². The average Bonchev–Trinajstić information content (AvgIpc) is 2.57. The minimum absolute atomic E-state index is 0.0477. The predicted molar refractivity (Wildman–Crippen MR) is 81.5 cm³/mol. The van der Waals surface area contributed by atoms with Crippen molar-refractivity contribution in [3.05, 3.63) is 42.8 Å². The average molecular weight is 328 g/mol. The molecule has 0 spiro atoms. The highest BCUT2D eigenvalue weighted by Crippen LogP contribution is 2.45. The SMILES string of the molecule is O=Nc1cc2c(=O)oc3c(O)c(O)cc4c(=O)oc(c1N=O)c2c34. The van der Waals surface area contributed by atoms with Gasteiger partial charge in [0.15, 0.2) is 22.6 Å². The molecule has 2 N–H and O–H groups in total. The Balaban J connectivity index is 2.52. The summed E-state index contributed by atoms with van der Waals surface area (Å²) in [7, 11) is 0. The molecule has 10 heteroatoms. The second-order valence-electron chi connectivity index (χ2n) is 4.95. The van der Waals surface area contributed by atoms with Gasteiger partial charge in [-0.1, -0.05) is 0 Å². The zero-order valence-electron chi connectivity index (χ0n) is 11.4. The van der Waals surface area contributed by atoms with Gasteiger partial charge in [0.2, 0.25) is 5.75 Å². The third-order valence-electron chi connectivity index (χ3n) is 3.74. The van der Waals surface area contributed by atoms with Gasteiger partial charge in [0.1, 0.15) is 5.69 Å². The van der Waals surface area contributed by atoms with Crippen molar-refractivity contribution in [2.75, 3.05) is 0 Å². The highest BCUT2D eigenvalue weighted by Gasteiger charge is 2.25. The second-order valence-corrected chi connectivity index (χ2v) is 4.95. The molecule has 0 bridgehead atoms. The van der Waals surface area contributed by atoms with Gasteiger partial charge in [-0.15, -0.1) is 9.81 Å². The van der Waals surface area contributed by atoms with E-state index in [1.807, 2.05) is 0 Å². The fraction of sp³-hybridized carbons (Fsp3) is 0. The van der Waals surface area contributed by atoms with Crippen LogP contribution in [0, 0.1) is 9.81 Å². The number of phenolic OH excluding ortho intramolecular Hbond substituents is 2. The Morgan fingerprint density at radius 1 is 0.833 bits per heavy atom. The van der Waals surface area contributed by atoms with E-state index in [2.05, 4.69) is 10.4 Å². The van der Waals surface area contributed by atoms with Crippen molar-refractivity contribution in [3.8, 4) is 11.5 Å². The molecule has 0 saturated carbocycles. The molecule has 0 amide bonds. The lowest BCUT2D eigenvalue weighted by molar-refractivity contribution is 0.398. The highest BCUT2D eigenvalue weighted by molar-refractivity contribution is 6.23. The van der Waals surface area contributed by atoms with Gasteiger partial charge in [-0.2, -0.15) is 0 Å². The van der Waals surface area contributed by atoms with Gasteiger partial charge in [0, 0.05) is 10.8 Å².